The molecule has 0 radical (unpaired) electrons. The minimum Gasteiger partial charge on any atom is -0.372 e. The lowest BCUT2D eigenvalue weighted by Gasteiger charge is -2.32. The number of nitrogens with one attached hydrogen (secondary N) is 1. The molecule has 6 nitrogen and oxygen atoms in total. The zero-order valence-electron chi connectivity index (χ0n) is 13.0. The lowest BCUT2D eigenvalue weighted by molar-refractivity contribution is 0.152. The van der Waals surface area contributed by atoms with E-state index in [1.165, 1.54) is 0 Å². The van der Waals surface area contributed by atoms with Crippen molar-refractivity contribution in [3.8, 4) is 11.1 Å². The molecule has 0 amide bonds. The number of thiazole rings is 1. The maximum Gasteiger partial charge on any atom is 0.188 e. The lowest BCUT2D eigenvalue weighted by atomic mass is 10.0. The van der Waals surface area contributed by atoms with Crippen LogP contribution in [0, 0.1) is 13.8 Å². The molecule has 0 bridgehead atoms. The molecule has 23 heavy (non-hydrogen) atoms. The summed E-state index contributed by atoms with van der Waals surface area (Å²) in [4.78, 5) is 6.68. The highest BCUT2D eigenvalue weighted by Gasteiger charge is 2.23. The number of anilines is 1. The fourth-order valence-corrected chi connectivity index (χ4v) is 4.02. The van der Waals surface area contributed by atoms with Crippen molar-refractivity contribution in [2.75, 3.05) is 24.5 Å². The van der Waals surface area contributed by atoms with Crippen molar-refractivity contribution in [2.45, 2.75) is 20.1 Å². The second-order valence-electron chi connectivity index (χ2n) is 5.76. The molecule has 2 aromatic heterocycles. The van der Waals surface area contributed by atoms with Gasteiger partial charge in [-0.1, -0.05) is 22.6 Å². The van der Waals surface area contributed by atoms with Crippen LogP contribution < -0.4 is 10.2 Å². The fourth-order valence-electron chi connectivity index (χ4n) is 3.00. The Morgan fingerprint density at radius 1 is 1.39 bits per heavy atom. The first kappa shape index (κ1) is 14.6. The summed E-state index contributed by atoms with van der Waals surface area (Å²) in [5.41, 5.74) is 3.91. The number of fused-ring (bicyclic) bond motifs is 1. The second-order valence-corrected chi connectivity index (χ2v) is 6.77. The molecule has 1 atom stereocenters. The van der Waals surface area contributed by atoms with E-state index in [9.17, 15) is 5.11 Å². The summed E-state index contributed by atoms with van der Waals surface area (Å²) < 4.78 is 6.37. The number of aliphatic hydroxyl groups excluding tert-OH is 1. The van der Waals surface area contributed by atoms with Gasteiger partial charge in [0.1, 0.15) is 12.0 Å². The number of aryl methyl sites for hydroxylation is 2. The number of nitrogens with zero attached hydrogens (tertiary/aromatic N) is 3. The maximum absolute atomic E-state index is 10.1. The van der Waals surface area contributed by atoms with Crippen molar-refractivity contribution < 1.29 is 9.63 Å². The van der Waals surface area contributed by atoms with E-state index < -0.39 is 6.23 Å². The van der Waals surface area contributed by atoms with E-state index in [1.807, 2.05) is 18.7 Å². The maximum atomic E-state index is 10.1. The zero-order chi connectivity index (χ0) is 16.0. The van der Waals surface area contributed by atoms with Gasteiger partial charge in [0, 0.05) is 25.2 Å². The third-order valence-corrected chi connectivity index (χ3v) is 5.23. The van der Waals surface area contributed by atoms with E-state index in [2.05, 4.69) is 28.7 Å². The van der Waals surface area contributed by atoms with Crippen LogP contribution in [0.2, 0.25) is 0 Å². The molecular formula is C16H18N4O2S. The number of rotatable bonds is 2. The van der Waals surface area contributed by atoms with Crippen LogP contribution in [0.3, 0.4) is 0 Å². The predicted molar refractivity (Wildman–Crippen MR) is 90.8 cm³/mol. The Labute approximate surface area is 137 Å². The molecule has 1 unspecified atom stereocenters. The summed E-state index contributed by atoms with van der Waals surface area (Å²) in [7, 11) is 0. The zero-order valence-corrected chi connectivity index (χ0v) is 13.9. The molecule has 1 aromatic carbocycles. The number of benzene rings is 1. The van der Waals surface area contributed by atoms with E-state index in [0.29, 0.717) is 6.54 Å². The van der Waals surface area contributed by atoms with Crippen molar-refractivity contribution in [3.63, 3.8) is 0 Å². The van der Waals surface area contributed by atoms with Gasteiger partial charge >= 0.3 is 0 Å². The summed E-state index contributed by atoms with van der Waals surface area (Å²) in [6, 6.07) is 6.22. The molecule has 120 valence electrons. The van der Waals surface area contributed by atoms with E-state index in [1.54, 1.807) is 11.3 Å². The highest BCUT2D eigenvalue weighted by Crippen LogP contribution is 2.34. The quantitative estimate of drug-likeness (QED) is 0.751. The molecule has 7 heteroatoms. The monoisotopic (exact) mass is 330 g/mol. The van der Waals surface area contributed by atoms with Crippen molar-refractivity contribution >= 4 is 26.7 Å². The SMILES string of the molecule is Cc1noc(C)c1-c1ccc2sc(N3CCNCC3O)nc2c1. The normalized spacial score (nSPS) is 18.7. The Hall–Kier alpha value is -1.96. The molecule has 3 aromatic rings. The molecule has 0 saturated carbocycles. The molecule has 1 fully saturated rings. The van der Waals surface area contributed by atoms with Crippen LogP contribution in [0.5, 0.6) is 0 Å². The van der Waals surface area contributed by atoms with Gasteiger partial charge in [-0.3, -0.25) is 0 Å². The van der Waals surface area contributed by atoms with E-state index in [0.717, 1.165) is 51.0 Å². The van der Waals surface area contributed by atoms with Gasteiger partial charge < -0.3 is 19.8 Å². The Balaban J connectivity index is 1.75. The first-order valence-electron chi connectivity index (χ1n) is 7.63. The number of aromatic nitrogens is 2. The molecule has 4 rings (SSSR count). The van der Waals surface area contributed by atoms with Gasteiger partial charge in [-0.2, -0.15) is 0 Å². The largest absolute Gasteiger partial charge is 0.372 e. The molecule has 0 aliphatic carbocycles. The first-order valence-corrected chi connectivity index (χ1v) is 8.44. The third-order valence-electron chi connectivity index (χ3n) is 4.16. The topological polar surface area (TPSA) is 74.4 Å². The van der Waals surface area contributed by atoms with Gasteiger partial charge in [0.2, 0.25) is 0 Å². The number of hydrogen-bond donors (Lipinski definition) is 2. The van der Waals surface area contributed by atoms with Gasteiger partial charge in [0.25, 0.3) is 0 Å². The van der Waals surface area contributed by atoms with Crippen LogP contribution in [0.25, 0.3) is 21.3 Å². The van der Waals surface area contributed by atoms with Gasteiger partial charge in [-0.15, -0.1) is 0 Å². The van der Waals surface area contributed by atoms with Gasteiger partial charge in [0.05, 0.1) is 15.9 Å². The first-order chi connectivity index (χ1) is 11.1. The van der Waals surface area contributed by atoms with Crippen molar-refractivity contribution in [1.29, 1.82) is 0 Å². The molecular weight excluding hydrogens is 312 g/mol. The van der Waals surface area contributed by atoms with Crippen molar-refractivity contribution in [1.82, 2.24) is 15.5 Å². The average molecular weight is 330 g/mol. The molecule has 1 aliphatic rings. The third kappa shape index (κ3) is 2.50. The highest BCUT2D eigenvalue weighted by atomic mass is 32.1. The Morgan fingerprint density at radius 2 is 2.26 bits per heavy atom. The van der Waals surface area contributed by atoms with Crippen molar-refractivity contribution in [3.05, 3.63) is 29.7 Å². The number of hydrogen-bond acceptors (Lipinski definition) is 7. The predicted octanol–water partition coefficient (Wildman–Crippen LogP) is 2.30. The smallest absolute Gasteiger partial charge is 0.188 e. The molecule has 0 spiro atoms. The molecule has 2 N–H and O–H groups in total. The van der Waals surface area contributed by atoms with Crippen LogP contribution in [-0.2, 0) is 0 Å². The summed E-state index contributed by atoms with van der Waals surface area (Å²) in [5, 5.41) is 18.2. The van der Waals surface area contributed by atoms with Gasteiger partial charge in [0.15, 0.2) is 5.13 Å². The van der Waals surface area contributed by atoms with Crippen LogP contribution >= 0.6 is 11.3 Å². The number of piperazine rings is 1. The summed E-state index contributed by atoms with van der Waals surface area (Å²) in [6.07, 6.45) is -0.522. The van der Waals surface area contributed by atoms with Crippen LogP contribution in [0.4, 0.5) is 5.13 Å². The van der Waals surface area contributed by atoms with E-state index in [-0.39, 0.29) is 0 Å². The Bertz CT molecular complexity index is 838. The number of aliphatic hydroxyl groups is 1. The van der Waals surface area contributed by atoms with Crippen LogP contribution in [0.15, 0.2) is 22.7 Å². The van der Waals surface area contributed by atoms with E-state index >= 15 is 0 Å². The van der Waals surface area contributed by atoms with Crippen molar-refractivity contribution in [2.24, 2.45) is 0 Å². The Kier molecular flexibility index (Phi) is 3.56. The summed E-state index contributed by atoms with van der Waals surface area (Å²) in [5.74, 6) is 0.815. The molecule has 1 saturated heterocycles. The standard InChI is InChI=1S/C16H18N4O2S/c1-9-15(10(2)22-19-9)11-3-4-13-12(7-11)18-16(23-13)20-6-5-17-8-14(20)21/h3-4,7,14,17,21H,5-6,8H2,1-2H3. The van der Waals surface area contributed by atoms with Gasteiger partial charge in [-0.25, -0.2) is 4.98 Å². The molecule has 3 heterocycles. The Morgan fingerprint density at radius 3 is 3.00 bits per heavy atom. The lowest BCUT2D eigenvalue weighted by Crippen LogP contribution is -2.51. The van der Waals surface area contributed by atoms with E-state index in [4.69, 9.17) is 9.51 Å². The van der Waals surface area contributed by atoms with Crippen LogP contribution in [-0.4, -0.2) is 41.1 Å². The average Bonchev–Trinajstić information content (AvgIpc) is 3.10. The fraction of sp³-hybridized carbons (Fsp3) is 0.375. The minimum atomic E-state index is -0.522. The minimum absolute atomic E-state index is 0.522. The molecule has 1 aliphatic heterocycles. The van der Waals surface area contributed by atoms with Crippen LogP contribution in [0.1, 0.15) is 11.5 Å². The van der Waals surface area contributed by atoms with Gasteiger partial charge in [-0.05, 0) is 31.5 Å². The number of β-amino-alcohol motifs (C(OH)–C–C–N with tert-alkyl or cyclic N) is 1. The second kappa shape index (κ2) is 5.59. The summed E-state index contributed by atoms with van der Waals surface area (Å²) in [6.45, 7) is 6.05. The highest BCUT2D eigenvalue weighted by molar-refractivity contribution is 7.22. The summed E-state index contributed by atoms with van der Waals surface area (Å²) >= 11 is 1.61.